The zero-order chi connectivity index (χ0) is 14.4. The summed E-state index contributed by atoms with van der Waals surface area (Å²) in [6.07, 6.45) is 0. The van der Waals surface area contributed by atoms with Gasteiger partial charge in [-0.05, 0) is 30.8 Å². The number of likely N-dealkylation sites (N-methyl/N-ethyl adjacent to an activating group) is 1. The average Bonchev–Trinajstić information content (AvgIpc) is 2.83. The molecule has 0 atom stereocenters. The molecule has 0 aliphatic heterocycles. The van der Waals surface area contributed by atoms with Crippen LogP contribution < -0.4 is 5.32 Å². The van der Waals surface area contributed by atoms with Crippen molar-refractivity contribution < 1.29 is 0 Å². The van der Waals surface area contributed by atoms with Crippen LogP contribution in [-0.2, 0) is 13.1 Å². The Hall–Kier alpha value is -0.580. The van der Waals surface area contributed by atoms with Crippen LogP contribution in [0, 0.1) is 0 Å². The summed E-state index contributed by atoms with van der Waals surface area (Å²) >= 11 is 13.7. The number of nitrogens with one attached hydrogen (secondary N) is 1. The molecule has 0 unspecified atom stereocenters. The van der Waals surface area contributed by atoms with Crippen LogP contribution in [0.25, 0.3) is 0 Å². The Morgan fingerprint density at radius 2 is 1.95 bits per heavy atom. The van der Waals surface area contributed by atoms with Crippen LogP contribution in [0.3, 0.4) is 0 Å². The lowest BCUT2D eigenvalue weighted by atomic mass is 10.2. The van der Waals surface area contributed by atoms with E-state index in [9.17, 15) is 0 Å². The summed E-state index contributed by atoms with van der Waals surface area (Å²) in [7, 11) is 2.10. The third kappa shape index (κ3) is 5.08. The molecule has 0 spiro atoms. The molecule has 2 aromatic rings. The van der Waals surface area contributed by atoms with Gasteiger partial charge in [-0.15, -0.1) is 11.3 Å². The average molecular weight is 329 g/mol. The molecular formula is C15H18Cl2N2S. The van der Waals surface area contributed by atoms with Crippen LogP contribution in [0.1, 0.15) is 10.4 Å². The maximum absolute atomic E-state index is 6.16. The molecule has 0 saturated carbocycles. The van der Waals surface area contributed by atoms with Crippen molar-refractivity contribution in [1.29, 1.82) is 0 Å². The van der Waals surface area contributed by atoms with Crippen LogP contribution in [-0.4, -0.2) is 25.0 Å². The highest BCUT2D eigenvalue weighted by molar-refractivity contribution is 7.16. The smallest absolute Gasteiger partial charge is 0.0931 e. The van der Waals surface area contributed by atoms with Crippen molar-refractivity contribution in [2.45, 2.75) is 13.1 Å². The highest BCUT2D eigenvalue weighted by Crippen LogP contribution is 2.21. The van der Waals surface area contributed by atoms with Crippen LogP contribution in [0.4, 0.5) is 0 Å². The van der Waals surface area contributed by atoms with Crippen molar-refractivity contribution in [3.63, 3.8) is 0 Å². The van der Waals surface area contributed by atoms with Gasteiger partial charge in [0.25, 0.3) is 0 Å². The third-order valence-electron chi connectivity index (χ3n) is 3.00. The lowest BCUT2D eigenvalue weighted by Crippen LogP contribution is -2.28. The van der Waals surface area contributed by atoms with Crippen molar-refractivity contribution in [3.05, 3.63) is 56.2 Å². The molecule has 0 amide bonds. The molecule has 1 aromatic carbocycles. The predicted octanol–water partition coefficient (Wildman–Crippen LogP) is 4.28. The zero-order valence-electron chi connectivity index (χ0n) is 11.4. The van der Waals surface area contributed by atoms with Crippen LogP contribution in [0.15, 0.2) is 36.4 Å². The summed E-state index contributed by atoms with van der Waals surface area (Å²) in [6.45, 7) is 3.66. The van der Waals surface area contributed by atoms with Crippen LogP contribution in [0.5, 0.6) is 0 Å². The normalized spacial score (nSPS) is 11.2. The molecule has 0 aliphatic rings. The highest BCUT2D eigenvalue weighted by atomic mass is 35.5. The number of hydrogen-bond acceptors (Lipinski definition) is 3. The van der Waals surface area contributed by atoms with E-state index in [2.05, 4.69) is 29.4 Å². The highest BCUT2D eigenvalue weighted by Gasteiger charge is 2.03. The predicted molar refractivity (Wildman–Crippen MR) is 88.8 cm³/mol. The largest absolute Gasteiger partial charge is 0.311 e. The van der Waals surface area contributed by atoms with E-state index in [4.69, 9.17) is 23.2 Å². The number of halogens is 2. The Balaban J connectivity index is 1.68. The lowest BCUT2D eigenvalue weighted by Gasteiger charge is -2.17. The van der Waals surface area contributed by atoms with Crippen LogP contribution in [0.2, 0.25) is 9.36 Å². The first kappa shape index (κ1) is 15.8. The minimum atomic E-state index is 0.834. The fraction of sp³-hybridized carbons (Fsp3) is 0.333. The van der Waals surface area contributed by atoms with Gasteiger partial charge in [0, 0.05) is 36.1 Å². The first-order valence-corrected chi connectivity index (χ1v) is 8.09. The third-order valence-corrected chi connectivity index (χ3v) is 4.60. The van der Waals surface area contributed by atoms with Crippen molar-refractivity contribution in [2.24, 2.45) is 0 Å². The minimum absolute atomic E-state index is 0.834. The molecule has 2 rings (SSSR count). The minimum Gasteiger partial charge on any atom is -0.311 e. The van der Waals surface area contributed by atoms with E-state index in [0.29, 0.717) is 0 Å². The van der Waals surface area contributed by atoms with E-state index in [-0.39, 0.29) is 0 Å². The Bertz CT molecular complexity index is 542. The van der Waals surface area contributed by atoms with Gasteiger partial charge in [0.15, 0.2) is 0 Å². The molecule has 1 heterocycles. The molecule has 0 fully saturated rings. The SMILES string of the molecule is CN(CCNCc1ccc(Cl)s1)Cc1ccccc1Cl. The van der Waals surface area contributed by atoms with E-state index in [0.717, 1.165) is 35.5 Å². The fourth-order valence-electron chi connectivity index (χ4n) is 1.92. The monoisotopic (exact) mass is 328 g/mol. The first-order valence-electron chi connectivity index (χ1n) is 6.52. The summed E-state index contributed by atoms with van der Waals surface area (Å²) in [6, 6.07) is 12.0. The van der Waals surface area contributed by atoms with Gasteiger partial charge in [0.2, 0.25) is 0 Å². The summed E-state index contributed by atoms with van der Waals surface area (Å²) in [4.78, 5) is 3.53. The zero-order valence-corrected chi connectivity index (χ0v) is 13.7. The van der Waals surface area contributed by atoms with Gasteiger partial charge in [0.1, 0.15) is 0 Å². The summed E-state index contributed by atoms with van der Waals surface area (Å²) < 4.78 is 0.845. The van der Waals surface area contributed by atoms with Crippen molar-refractivity contribution in [2.75, 3.05) is 20.1 Å². The molecule has 0 saturated heterocycles. The van der Waals surface area contributed by atoms with Gasteiger partial charge >= 0.3 is 0 Å². The van der Waals surface area contributed by atoms with Gasteiger partial charge < -0.3 is 10.2 Å². The number of thiophene rings is 1. The van der Waals surface area contributed by atoms with E-state index in [1.807, 2.05) is 24.3 Å². The van der Waals surface area contributed by atoms with E-state index < -0.39 is 0 Å². The van der Waals surface area contributed by atoms with E-state index in [1.165, 1.54) is 10.4 Å². The topological polar surface area (TPSA) is 15.3 Å². The molecule has 1 aromatic heterocycles. The first-order chi connectivity index (χ1) is 9.65. The molecule has 2 nitrogen and oxygen atoms in total. The standard InChI is InChI=1S/C15H18Cl2N2S/c1-19(11-12-4-2-3-5-14(12)16)9-8-18-10-13-6-7-15(17)20-13/h2-7,18H,8-11H2,1H3. The van der Waals surface area contributed by atoms with Crippen molar-refractivity contribution in [3.8, 4) is 0 Å². The number of benzene rings is 1. The van der Waals surface area contributed by atoms with E-state index >= 15 is 0 Å². The number of hydrogen-bond donors (Lipinski definition) is 1. The van der Waals surface area contributed by atoms with Gasteiger partial charge in [0.05, 0.1) is 4.34 Å². The fourth-order valence-corrected chi connectivity index (χ4v) is 3.18. The van der Waals surface area contributed by atoms with Gasteiger partial charge in [-0.25, -0.2) is 0 Å². The molecule has 1 N–H and O–H groups in total. The second-order valence-corrected chi connectivity index (χ2v) is 6.92. The molecule has 0 aliphatic carbocycles. The lowest BCUT2D eigenvalue weighted by molar-refractivity contribution is 0.324. The second-order valence-electron chi connectivity index (χ2n) is 4.71. The summed E-state index contributed by atoms with van der Waals surface area (Å²) in [5, 5.41) is 4.26. The van der Waals surface area contributed by atoms with E-state index in [1.54, 1.807) is 11.3 Å². The Labute approximate surface area is 134 Å². The Kier molecular flexibility index (Phi) is 6.33. The maximum atomic E-state index is 6.16. The van der Waals surface area contributed by atoms with Gasteiger partial charge in [-0.2, -0.15) is 0 Å². The van der Waals surface area contributed by atoms with Gasteiger partial charge in [-0.3, -0.25) is 0 Å². The summed E-state index contributed by atoms with van der Waals surface area (Å²) in [5.41, 5.74) is 1.17. The maximum Gasteiger partial charge on any atom is 0.0931 e. The van der Waals surface area contributed by atoms with Gasteiger partial charge in [-0.1, -0.05) is 41.4 Å². The molecule has 5 heteroatoms. The molecule has 0 bridgehead atoms. The van der Waals surface area contributed by atoms with Crippen molar-refractivity contribution in [1.82, 2.24) is 10.2 Å². The van der Waals surface area contributed by atoms with Crippen LogP contribution >= 0.6 is 34.5 Å². The Morgan fingerprint density at radius 1 is 1.15 bits per heavy atom. The molecule has 108 valence electrons. The Morgan fingerprint density at radius 3 is 2.65 bits per heavy atom. The second kappa shape index (κ2) is 8.01. The molecule has 20 heavy (non-hydrogen) atoms. The number of rotatable bonds is 7. The molecule has 0 radical (unpaired) electrons. The molecular weight excluding hydrogens is 311 g/mol. The summed E-state index contributed by atoms with van der Waals surface area (Å²) in [5.74, 6) is 0. The van der Waals surface area contributed by atoms with Crippen molar-refractivity contribution >= 4 is 34.5 Å². The number of nitrogens with zero attached hydrogens (tertiary/aromatic N) is 1. The quantitative estimate of drug-likeness (QED) is 0.763.